The molecule has 0 spiro atoms. The second-order valence-electron chi connectivity index (χ2n) is 6.96. The maximum atomic E-state index is 12.5. The Morgan fingerprint density at radius 1 is 1.24 bits per heavy atom. The molecular formula is C20H24N2O3. The first-order valence-corrected chi connectivity index (χ1v) is 8.38. The van der Waals surface area contributed by atoms with Crippen molar-refractivity contribution in [2.45, 2.75) is 38.8 Å². The van der Waals surface area contributed by atoms with Gasteiger partial charge >= 0.3 is 6.03 Å². The predicted octanol–water partition coefficient (Wildman–Crippen LogP) is 4.43. The molecule has 0 aliphatic carbocycles. The average Bonchev–Trinajstić information content (AvgIpc) is 2.55. The molecule has 1 atom stereocenters. The Labute approximate surface area is 148 Å². The molecule has 2 aromatic carbocycles. The Morgan fingerprint density at radius 3 is 2.76 bits per heavy atom. The molecule has 0 aromatic heterocycles. The van der Waals surface area contributed by atoms with Gasteiger partial charge in [-0.2, -0.15) is 0 Å². The van der Waals surface area contributed by atoms with E-state index in [1.165, 1.54) is 0 Å². The Bertz CT molecular complexity index is 786. The maximum Gasteiger partial charge on any atom is 0.319 e. The summed E-state index contributed by atoms with van der Waals surface area (Å²) in [4.78, 5) is 12.5. The molecule has 0 saturated carbocycles. The number of urea groups is 1. The summed E-state index contributed by atoms with van der Waals surface area (Å²) < 4.78 is 11.3. The minimum absolute atomic E-state index is 0.117. The van der Waals surface area contributed by atoms with Crippen molar-refractivity contribution in [3.8, 4) is 11.5 Å². The minimum Gasteiger partial charge on any atom is -0.495 e. The first kappa shape index (κ1) is 17.1. The summed E-state index contributed by atoms with van der Waals surface area (Å²) in [6, 6.07) is 13.0. The zero-order valence-corrected chi connectivity index (χ0v) is 15.1. The predicted molar refractivity (Wildman–Crippen MR) is 98.4 cm³/mol. The number of methoxy groups -OCH3 is 1. The lowest BCUT2D eigenvalue weighted by molar-refractivity contribution is 0.0682. The van der Waals surface area contributed by atoms with Gasteiger partial charge in [0.1, 0.15) is 17.1 Å². The maximum absolute atomic E-state index is 12.5. The molecule has 1 aliphatic heterocycles. The van der Waals surface area contributed by atoms with Gasteiger partial charge in [-0.1, -0.05) is 29.8 Å². The number of hydrogen-bond acceptors (Lipinski definition) is 3. The van der Waals surface area contributed by atoms with Gasteiger partial charge in [-0.05, 0) is 39.0 Å². The second-order valence-corrected chi connectivity index (χ2v) is 6.96. The number of hydrogen-bond donors (Lipinski definition) is 2. The van der Waals surface area contributed by atoms with Crippen molar-refractivity contribution < 1.29 is 14.3 Å². The highest BCUT2D eigenvalue weighted by atomic mass is 16.5. The van der Waals surface area contributed by atoms with Crippen LogP contribution in [0.25, 0.3) is 0 Å². The lowest BCUT2D eigenvalue weighted by Crippen LogP contribution is -2.42. The van der Waals surface area contributed by atoms with Gasteiger partial charge in [0, 0.05) is 12.0 Å². The summed E-state index contributed by atoms with van der Waals surface area (Å²) in [6.45, 7) is 6.09. The summed E-state index contributed by atoms with van der Waals surface area (Å²) >= 11 is 0. The largest absolute Gasteiger partial charge is 0.495 e. The van der Waals surface area contributed by atoms with E-state index in [0.29, 0.717) is 17.9 Å². The molecule has 1 heterocycles. The SMILES string of the molecule is COc1ccccc1NC(=O)NC1CC(C)(C)Oc2ccc(C)cc21. The number of benzene rings is 2. The number of amides is 2. The molecule has 25 heavy (non-hydrogen) atoms. The normalized spacial score (nSPS) is 17.8. The third-order valence-corrected chi connectivity index (χ3v) is 4.28. The van der Waals surface area contributed by atoms with Crippen molar-refractivity contribution in [1.29, 1.82) is 0 Å². The third-order valence-electron chi connectivity index (χ3n) is 4.28. The summed E-state index contributed by atoms with van der Waals surface area (Å²) in [5.41, 5.74) is 2.44. The summed E-state index contributed by atoms with van der Waals surface area (Å²) in [5.74, 6) is 1.45. The van der Waals surface area contributed by atoms with Crippen LogP contribution in [-0.4, -0.2) is 18.7 Å². The minimum atomic E-state index is -0.343. The molecule has 1 unspecified atom stereocenters. The van der Waals surface area contributed by atoms with Crippen molar-refractivity contribution in [1.82, 2.24) is 5.32 Å². The molecule has 0 saturated heterocycles. The summed E-state index contributed by atoms with van der Waals surface area (Å²) in [6.07, 6.45) is 0.697. The monoisotopic (exact) mass is 340 g/mol. The Morgan fingerprint density at radius 2 is 2.00 bits per heavy atom. The fourth-order valence-corrected chi connectivity index (χ4v) is 3.17. The summed E-state index contributed by atoms with van der Waals surface area (Å²) in [5, 5.41) is 5.94. The van der Waals surface area contributed by atoms with Crippen LogP contribution in [0.5, 0.6) is 11.5 Å². The van der Waals surface area contributed by atoms with Gasteiger partial charge in [-0.15, -0.1) is 0 Å². The van der Waals surface area contributed by atoms with Crippen LogP contribution >= 0.6 is 0 Å². The number of rotatable bonds is 3. The highest BCUT2D eigenvalue weighted by Gasteiger charge is 2.34. The zero-order chi connectivity index (χ0) is 18.0. The molecule has 2 aromatic rings. The van der Waals surface area contributed by atoms with Crippen LogP contribution in [0.15, 0.2) is 42.5 Å². The van der Waals surface area contributed by atoms with Crippen molar-refractivity contribution >= 4 is 11.7 Å². The Kier molecular flexibility index (Phi) is 4.57. The third kappa shape index (κ3) is 3.87. The first-order valence-electron chi connectivity index (χ1n) is 8.38. The fraction of sp³-hybridized carbons (Fsp3) is 0.350. The topological polar surface area (TPSA) is 59.6 Å². The molecule has 0 radical (unpaired) electrons. The lowest BCUT2D eigenvalue weighted by Gasteiger charge is -2.38. The van der Waals surface area contributed by atoms with Crippen molar-refractivity contribution in [2.75, 3.05) is 12.4 Å². The van der Waals surface area contributed by atoms with E-state index in [0.717, 1.165) is 16.9 Å². The summed E-state index contributed by atoms with van der Waals surface area (Å²) in [7, 11) is 1.58. The van der Waals surface area contributed by atoms with Crippen LogP contribution in [0.2, 0.25) is 0 Å². The van der Waals surface area contributed by atoms with E-state index >= 15 is 0 Å². The molecule has 2 amide bonds. The van der Waals surface area contributed by atoms with Crippen molar-refractivity contribution in [3.63, 3.8) is 0 Å². The van der Waals surface area contributed by atoms with Crippen LogP contribution in [-0.2, 0) is 0 Å². The van der Waals surface area contributed by atoms with Crippen LogP contribution in [0.3, 0.4) is 0 Å². The standard InChI is InChI=1S/C20H24N2O3/c1-13-9-10-17-14(11-13)16(12-20(2,3)25-17)22-19(23)21-15-7-5-6-8-18(15)24-4/h5-11,16H,12H2,1-4H3,(H2,21,22,23). The number of carbonyl (C=O) groups is 1. The highest BCUT2D eigenvalue weighted by Crippen LogP contribution is 2.39. The number of anilines is 1. The molecule has 3 rings (SSSR count). The van der Waals surface area contributed by atoms with Gasteiger partial charge in [0.15, 0.2) is 0 Å². The van der Waals surface area contributed by atoms with Gasteiger partial charge in [0.25, 0.3) is 0 Å². The van der Waals surface area contributed by atoms with Crippen LogP contribution < -0.4 is 20.1 Å². The number of aryl methyl sites for hydroxylation is 1. The molecule has 5 heteroatoms. The number of nitrogens with one attached hydrogen (secondary N) is 2. The number of carbonyl (C=O) groups excluding carboxylic acids is 1. The fourth-order valence-electron chi connectivity index (χ4n) is 3.17. The quantitative estimate of drug-likeness (QED) is 0.869. The van der Waals surface area contributed by atoms with Gasteiger partial charge in [-0.3, -0.25) is 0 Å². The number of para-hydroxylation sites is 2. The van der Waals surface area contributed by atoms with E-state index in [2.05, 4.69) is 16.7 Å². The van der Waals surface area contributed by atoms with E-state index in [9.17, 15) is 4.79 Å². The molecule has 0 fully saturated rings. The number of fused-ring (bicyclic) bond motifs is 1. The van der Waals surface area contributed by atoms with Crippen molar-refractivity contribution in [2.24, 2.45) is 0 Å². The molecule has 132 valence electrons. The lowest BCUT2D eigenvalue weighted by atomic mass is 9.89. The second kappa shape index (κ2) is 6.67. The Hall–Kier alpha value is -2.69. The van der Waals surface area contributed by atoms with E-state index in [4.69, 9.17) is 9.47 Å². The van der Waals surface area contributed by atoms with Crippen LogP contribution in [0.4, 0.5) is 10.5 Å². The average molecular weight is 340 g/mol. The van der Waals surface area contributed by atoms with Crippen LogP contribution in [0, 0.1) is 6.92 Å². The van der Waals surface area contributed by atoms with E-state index in [1.54, 1.807) is 7.11 Å². The zero-order valence-electron chi connectivity index (χ0n) is 15.1. The molecular weight excluding hydrogens is 316 g/mol. The molecule has 5 nitrogen and oxygen atoms in total. The highest BCUT2D eigenvalue weighted by molar-refractivity contribution is 5.91. The van der Waals surface area contributed by atoms with Gasteiger partial charge < -0.3 is 20.1 Å². The number of ether oxygens (including phenoxy) is 2. The molecule has 1 aliphatic rings. The van der Waals surface area contributed by atoms with E-state index in [-0.39, 0.29) is 17.7 Å². The first-order chi connectivity index (χ1) is 11.9. The van der Waals surface area contributed by atoms with Gasteiger partial charge in [0.2, 0.25) is 0 Å². The molecule has 2 N–H and O–H groups in total. The Balaban J connectivity index is 1.80. The van der Waals surface area contributed by atoms with Gasteiger partial charge in [-0.25, -0.2) is 4.79 Å². The van der Waals surface area contributed by atoms with Gasteiger partial charge in [0.05, 0.1) is 18.8 Å². The van der Waals surface area contributed by atoms with E-state index < -0.39 is 0 Å². The van der Waals surface area contributed by atoms with E-state index in [1.807, 2.05) is 57.2 Å². The smallest absolute Gasteiger partial charge is 0.319 e. The molecule has 0 bridgehead atoms. The van der Waals surface area contributed by atoms with Crippen LogP contribution in [0.1, 0.15) is 37.4 Å². The van der Waals surface area contributed by atoms with Crippen molar-refractivity contribution in [3.05, 3.63) is 53.6 Å².